The van der Waals surface area contributed by atoms with E-state index in [-0.39, 0.29) is 0 Å². The average Bonchev–Trinajstić information content (AvgIpc) is 2.81. The summed E-state index contributed by atoms with van der Waals surface area (Å²) in [5.74, 6) is 0.611. The van der Waals surface area contributed by atoms with Gasteiger partial charge in [-0.15, -0.1) is 0 Å². The van der Waals surface area contributed by atoms with Crippen LogP contribution in [-0.2, 0) is 6.42 Å². The van der Waals surface area contributed by atoms with Crippen molar-refractivity contribution in [3.63, 3.8) is 0 Å². The largest absolute Gasteiger partial charge is 0.256 e. The number of hydrogen-bond donors (Lipinski definition) is 0. The summed E-state index contributed by atoms with van der Waals surface area (Å²) >= 11 is 0. The van der Waals surface area contributed by atoms with E-state index < -0.39 is 0 Å². The highest BCUT2D eigenvalue weighted by Gasteiger charge is 2.04. The van der Waals surface area contributed by atoms with E-state index in [0.29, 0.717) is 12.2 Å². The van der Waals surface area contributed by atoms with Crippen LogP contribution in [0.2, 0.25) is 0 Å². The fraction of sp³-hybridized carbons (Fsp3) is 0.0455. The summed E-state index contributed by atoms with van der Waals surface area (Å²) in [6.45, 7) is 3.87. The Labute approximate surface area is 168 Å². The first-order valence-electron chi connectivity index (χ1n) is 8.98. The molecule has 4 heterocycles. The lowest BCUT2D eigenvalue weighted by atomic mass is 10.1. The zero-order chi connectivity index (χ0) is 19.9. The summed E-state index contributed by atoms with van der Waals surface area (Å²) < 4.78 is 0. The van der Waals surface area contributed by atoms with Gasteiger partial charge in [0.1, 0.15) is 0 Å². The van der Waals surface area contributed by atoms with E-state index >= 15 is 0 Å². The van der Waals surface area contributed by atoms with Gasteiger partial charge >= 0.3 is 0 Å². The van der Waals surface area contributed by atoms with Crippen molar-refractivity contribution in [2.75, 3.05) is 0 Å². The van der Waals surface area contributed by atoms with Crippen LogP contribution in [0.5, 0.6) is 0 Å². The van der Waals surface area contributed by atoms with Crippen molar-refractivity contribution in [2.45, 2.75) is 6.42 Å². The van der Waals surface area contributed by atoms with Gasteiger partial charge in [0.05, 0.1) is 23.8 Å². The number of aromatic nitrogens is 6. The zero-order valence-electron chi connectivity index (χ0n) is 15.6. The molecular formula is C22H17N7. The summed E-state index contributed by atoms with van der Waals surface area (Å²) in [7, 11) is 0. The molecule has 0 aliphatic heterocycles. The maximum absolute atomic E-state index is 4.59. The number of allylic oxidation sites excluding steroid dienone is 1. The van der Waals surface area contributed by atoms with Crippen molar-refractivity contribution >= 4 is 11.5 Å². The number of hydrogen-bond acceptors (Lipinski definition) is 7. The van der Waals surface area contributed by atoms with Gasteiger partial charge < -0.3 is 0 Å². The van der Waals surface area contributed by atoms with Gasteiger partial charge in [-0.2, -0.15) is 20.4 Å². The maximum atomic E-state index is 4.59. The molecule has 0 unspecified atom stereocenters. The fourth-order valence-electron chi connectivity index (χ4n) is 2.71. The third-order valence-electron chi connectivity index (χ3n) is 4.20. The Hall–Kier alpha value is -4.13. The molecule has 0 radical (unpaired) electrons. The normalized spacial score (nSPS) is 11.2. The number of aliphatic imine (C=N–C) groups is 1. The second kappa shape index (κ2) is 8.71. The molecule has 0 fully saturated rings. The number of rotatable bonds is 6. The lowest BCUT2D eigenvalue weighted by Gasteiger charge is -2.05. The minimum Gasteiger partial charge on any atom is -0.256 e. The first-order chi connectivity index (χ1) is 14.3. The van der Waals surface area contributed by atoms with Crippen LogP contribution in [0.3, 0.4) is 0 Å². The van der Waals surface area contributed by atoms with Gasteiger partial charge in [-0.3, -0.25) is 4.98 Å². The SMILES string of the molecule is C=CC(Cc1ccc(-c2ccnnc2)nc1)=Nc1ccc(-c2cccnn2)cn1. The molecule has 0 atom stereocenters. The maximum Gasteiger partial charge on any atom is 0.152 e. The third-order valence-corrected chi connectivity index (χ3v) is 4.20. The Morgan fingerprint density at radius 2 is 1.76 bits per heavy atom. The van der Waals surface area contributed by atoms with Crippen LogP contribution in [0.4, 0.5) is 5.82 Å². The van der Waals surface area contributed by atoms with Crippen LogP contribution < -0.4 is 0 Å². The lowest BCUT2D eigenvalue weighted by molar-refractivity contribution is 1.03. The van der Waals surface area contributed by atoms with Crippen LogP contribution >= 0.6 is 0 Å². The Bertz CT molecular complexity index is 1110. The third kappa shape index (κ3) is 4.59. The molecular weight excluding hydrogens is 362 g/mol. The molecule has 0 saturated heterocycles. The standard InChI is InChI=1S/C22H17N7/c1-2-19(12-16-5-7-20(23-13-16)18-9-11-25-27-15-18)28-22-8-6-17(14-24-22)21-4-3-10-26-29-21/h2-11,13-15H,1,12H2. The van der Waals surface area contributed by atoms with Gasteiger partial charge in [-0.25, -0.2) is 9.98 Å². The van der Waals surface area contributed by atoms with Crippen molar-refractivity contribution in [3.8, 4) is 22.5 Å². The van der Waals surface area contributed by atoms with Gasteiger partial charge in [0.2, 0.25) is 0 Å². The van der Waals surface area contributed by atoms with Gasteiger partial charge in [0.25, 0.3) is 0 Å². The van der Waals surface area contributed by atoms with Gasteiger partial charge in [-0.05, 0) is 48.0 Å². The molecule has 4 aromatic rings. The molecule has 4 aromatic heterocycles. The first-order valence-corrected chi connectivity index (χ1v) is 8.98. The number of pyridine rings is 2. The van der Waals surface area contributed by atoms with Gasteiger partial charge in [0, 0.05) is 41.8 Å². The molecule has 0 saturated carbocycles. The van der Waals surface area contributed by atoms with Crippen LogP contribution in [0.25, 0.3) is 22.5 Å². The first kappa shape index (κ1) is 18.2. The molecule has 0 N–H and O–H groups in total. The summed E-state index contributed by atoms with van der Waals surface area (Å²) in [6, 6.07) is 13.4. The minimum absolute atomic E-state index is 0.610. The van der Waals surface area contributed by atoms with E-state index in [1.54, 1.807) is 30.9 Å². The molecule has 140 valence electrons. The van der Waals surface area contributed by atoms with Crippen molar-refractivity contribution in [1.82, 2.24) is 30.4 Å². The summed E-state index contributed by atoms with van der Waals surface area (Å²) in [5, 5.41) is 15.6. The second-order valence-electron chi connectivity index (χ2n) is 6.18. The van der Waals surface area contributed by atoms with E-state index in [2.05, 4.69) is 41.9 Å². The van der Waals surface area contributed by atoms with E-state index in [1.165, 1.54) is 0 Å². The Morgan fingerprint density at radius 3 is 2.41 bits per heavy atom. The Balaban J connectivity index is 1.49. The average molecular weight is 379 g/mol. The second-order valence-corrected chi connectivity index (χ2v) is 6.18. The quantitative estimate of drug-likeness (QED) is 0.472. The van der Waals surface area contributed by atoms with Crippen molar-refractivity contribution in [2.24, 2.45) is 4.99 Å². The van der Waals surface area contributed by atoms with E-state index in [0.717, 1.165) is 33.8 Å². The van der Waals surface area contributed by atoms with Crippen LogP contribution in [0.1, 0.15) is 5.56 Å². The van der Waals surface area contributed by atoms with Crippen LogP contribution in [0, 0.1) is 0 Å². The zero-order valence-corrected chi connectivity index (χ0v) is 15.6. The van der Waals surface area contributed by atoms with E-state index in [4.69, 9.17) is 0 Å². The molecule has 0 spiro atoms. The van der Waals surface area contributed by atoms with Crippen LogP contribution in [0.15, 0.2) is 91.1 Å². The van der Waals surface area contributed by atoms with E-state index in [1.807, 2.05) is 48.7 Å². The molecule has 29 heavy (non-hydrogen) atoms. The highest BCUT2D eigenvalue weighted by Crippen LogP contribution is 2.19. The summed E-state index contributed by atoms with van der Waals surface area (Å²) in [4.78, 5) is 13.5. The molecule has 7 heteroatoms. The van der Waals surface area contributed by atoms with Gasteiger partial charge in [-0.1, -0.05) is 12.6 Å². The highest BCUT2D eigenvalue weighted by molar-refractivity contribution is 5.97. The van der Waals surface area contributed by atoms with Gasteiger partial charge in [0.15, 0.2) is 5.82 Å². The molecule has 4 rings (SSSR count). The fourth-order valence-corrected chi connectivity index (χ4v) is 2.71. The van der Waals surface area contributed by atoms with Crippen LogP contribution in [-0.4, -0.2) is 36.1 Å². The molecule has 0 amide bonds. The highest BCUT2D eigenvalue weighted by atomic mass is 15.1. The molecule has 0 bridgehead atoms. The van der Waals surface area contributed by atoms with E-state index in [9.17, 15) is 0 Å². The minimum atomic E-state index is 0.610. The molecule has 0 aliphatic carbocycles. The number of nitrogens with zero attached hydrogens (tertiary/aromatic N) is 7. The van der Waals surface area contributed by atoms with Crippen molar-refractivity contribution in [3.05, 3.63) is 91.7 Å². The Morgan fingerprint density at radius 1 is 0.828 bits per heavy atom. The topological polar surface area (TPSA) is 89.7 Å². The lowest BCUT2D eigenvalue weighted by Crippen LogP contribution is -2.00. The smallest absolute Gasteiger partial charge is 0.152 e. The monoisotopic (exact) mass is 379 g/mol. The predicted molar refractivity (Wildman–Crippen MR) is 112 cm³/mol. The predicted octanol–water partition coefficient (Wildman–Crippen LogP) is 3.89. The Kier molecular flexibility index (Phi) is 5.48. The van der Waals surface area contributed by atoms with Crippen molar-refractivity contribution < 1.29 is 0 Å². The summed E-state index contributed by atoms with van der Waals surface area (Å²) in [6.07, 6.45) is 10.9. The van der Waals surface area contributed by atoms with Crippen molar-refractivity contribution in [1.29, 1.82) is 0 Å². The molecule has 0 aromatic carbocycles. The molecule has 0 aliphatic rings. The molecule has 7 nitrogen and oxygen atoms in total. The summed E-state index contributed by atoms with van der Waals surface area (Å²) in [5.41, 5.74) is 5.28.